The summed E-state index contributed by atoms with van der Waals surface area (Å²) in [5.74, 6) is -1.99. The highest BCUT2D eigenvalue weighted by atomic mass is 32.2. The molecular weight excluding hydrogens is 451 g/mol. The van der Waals surface area contributed by atoms with Gasteiger partial charge in [-0.05, 0) is 64.0 Å². The van der Waals surface area contributed by atoms with Crippen molar-refractivity contribution in [3.63, 3.8) is 0 Å². The quantitative estimate of drug-likeness (QED) is 0.237. The summed E-state index contributed by atoms with van der Waals surface area (Å²) in [6.45, 7) is 7.18. The third kappa shape index (κ3) is 5.09. The fourth-order valence-electron chi connectivity index (χ4n) is 4.08. The van der Waals surface area contributed by atoms with Crippen LogP contribution >= 0.6 is 0 Å². The molecule has 2 saturated heterocycles. The molecule has 2 aliphatic heterocycles. The zero-order chi connectivity index (χ0) is 24.5. The van der Waals surface area contributed by atoms with Gasteiger partial charge in [0.25, 0.3) is 0 Å². The summed E-state index contributed by atoms with van der Waals surface area (Å²) in [5.41, 5.74) is 6.18. The molecule has 12 nitrogen and oxygen atoms in total. The van der Waals surface area contributed by atoms with Gasteiger partial charge in [0.2, 0.25) is 0 Å². The lowest BCUT2D eigenvalue weighted by Gasteiger charge is -2.32. The van der Waals surface area contributed by atoms with Crippen molar-refractivity contribution in [2.45, 2.75) is 63.6 Å². The van der Waals surface area contributed by atoms with Crippen molar-refractivity contribution in [3.8, 4) is 0 Å². The number of hydrogen-bond donors (Lipinski definition) is 2. The van der Waals surface area contributed by atoms with E-state index in [4.69, 9.17) is 14.8 Å². The van der Waals surface area contributed by atoms with Crippen molar-refractivity contribution in [1.29, 1.82) is 0 Å². The van der Waals surface area contributed by atoms with Gasteiger partial charge in [-0.2, -0.15) is 12.7 Å². The van der Waals surface area contributed by atoms with E-state index in [1.165, 1.54) is 12.3 Å². The molecule has 0 spiro atoms. The summed E-state index contributed by atoms with van der Waals surface area (Å²) >= 11 is 0. The first kappa shape index (κ1) is 25.3. The molecule has 2 N–H and O–H groups in total. The average Bonchev–Trinajstić information content (AvgIpc) is 3.18. The van der Waals surface area contributed by atoms with Crippen LogP contribution in [0.3, 0.4) is 0 Å². The maximum absolute atomic E-state index is 12.9. The maximum Gasteiger partial charge on any atom is 0.457 e. The second kappa shape index (κ2) is 9.11. The van der Waals surface area contributed by atoms with E-state index in [1.54, 1.807) is 12.1 Å². The largest absolute Gasteiger partial charge is 0.481 e. The molecule has 1 aromatic heterocycles. The van der Waals surface area contributed by atoms with Gasteiger partial charge < -0.3 is 14.4 Å². The predicted octanol–water partition coefficient (Wildman–Crippen LogP) is 2.68. The number of aliphatic carboxylic acids is 1. The molecule has 3 heterocycles. The Labute approximate surface area is 193 Å². The van der Waals surface area contributed by atoms with Crippen LogP contribution in [0, 0.1) is 5.92 Å². The molecular formula is C19H29BN6O6S. The Balaban J connectivity index is 1.73. The molecule has 0 aromatic carbocycles. The first-order chi connectivity index (χ1) is 15.3. The number of hydrogen-bond acceptors (Lipinski definition) is 7. The van der Waals surface area contributed by atoms with Gasteiger partial charge in [0.05, 0.1) is 11.2 Å². The van der Waals surface area contributed by atoms with E-state index in [-0.39, 0.29) is 12.4 Å². The van der Waals surface area contributed by atoms with Gasteiger partial charge in [-0.25, -0.2) is 4.98 Å². The minimum atomic E-state index is -4.12. The minimum absolute atomic E-state index is 0.103. The van der Waals surface area contributed by atoms with Gasteiger partial charge in [0.1, 0.15) is 5.82 Å². The molecule has 180 valence electrons. The standard InChI is InChI=1S/C19H29BN6O6S/c1-17(2)18(3,4)32-20(31-17)10-7-8-14-12-26(13-19(14,16(27)28)24-25-21)33(29,30)23-15-9-5-6-11-22-15/h5-6,9,11,14H,7-8,10,12-13H2,1-4H3,(H,22,23)(H,27,28)/t14-,19-/m0/s1. The topological polar surface area (TPSA) is 167 Å². The number of pyridine rings is 1. The van der Waals surface area contributed by atoms with Crippen LogP contribution < -0.4 is 4.72 Å². The van der Waals surface area contributed by atoms with Gasteiger partial charge >= 0.3 is 23.3 Å². The van der Waals surface area contributed by atoms with Crippen molar-refractivity contribution >= 4 is 29.1 Å². The van der Waals surface area contributed by atoms with Crippen molar-refractivity contribution in [2.24, 2.45) is 11.0 Å². The second-order valence-corrected chi connectivity index (χ2v) is 11.0. The smallest absolute Gasteiger partial charge is 0.457 e. The third-order valence-electron chi connectivity index (χ3n) is 6.64. The van der Waals surface area contributed by atoms with Crippen molar-refractivity contribution in [2.75, 3.05) is 17.8 Å². The normalized spacial score (nSPS) is 26.7. The molecule has 0 amide bonds. The summed E-state index contributed by atoms with van der Waals surface area (Å²) in [7, 11) is -4.57. The maximum atomic E-state index is 12.9. The van der Waals surface area contributed by atoms with E-state index >= 15 is 0 Å². The van der Waals surface area contributed by atoms with E-state index in [9.17, 15) is 18.3 Å². The SMILES string of the molecule is CC1(C)OB(CCC[C@H]2CN(S(=O)(=O)Nc3ccccn3)C[C@@]2(N=[N+]=[N-])C(=O)O)OC1(C)C. The summed E-state index contributed by atoms with van der Waals surface area (Å²) in [6, 6.07) is 4.74. The van der Waals surface area contributed by atoms with Gasteiger partial charge in [-0.15, -0.1) is 0 Å². The lowest BCUT2D eigenvalue weighted by atomic mass is 9.78. The number of rotatable bonds is 9. The van der Waals surface area contributed by atoms with Crippen LogP contribution in [0.15, 0.2) is 29.5 Å². The lowest BCUT2D eigenvalue weighted by Crippen LogP contribution is -2.45. The summed E-state index contributed by atoms with van der Waals surface area (Å²) in [6.07, 6.45) is 2.74. The van der Waals surface area contributed by atoms with Crippen molar-refractivity contribution in [1.82, 2.24) is 9.29 Å². The fraction of sp³-hybridized carbons (Fsp3) is 0.684. The first-order valence-corrected chi connectivity index (χ1v) is 12.1. The predicted molar refractivity (Wildman–Crippen MR) is 121 cm³/mol. The fourth-order valence-corrected chi connectivity index (χ4v) is 5.34. The van der Waals surface area contributed by atoms with Gasteiger partial charge in [0.15, 0.2) is 5.54 Å². The summed E-state index contributed by atoms with van der Waals surface area (Å²) in [4.78, 5) is 18.8. The molecule has 0 aliphatic carbocycles. The Morgan fingerprint density at radius 3 is 2.58 bits per heavy atom. The zero-order valence-electron chi connectivity index (χ0n) is 19.1. The molecule has 0 bridgehead atoms. The minimum Gasteiger partial charge on any atom is -0.481 e. The van der Waals surface area contributed by atoms with Crippen LogP contribution in [0.2, 0.25) is 6.32 Å². The Kier molecular flexibility index (Phi) is 6.97. The molecule has 3 rings (SSSR count). The van der Waals surface area contributed by atoms with Crippen LogP contribution in [0.1, 0.15) is 40.5 Å². The molecule has 0 saturated carbocycles. The Morgan fingerprint density at radius 1 is 1.36 bits per heavy atom. The highest BCUT2D eigenvalue weighted by Gasteiger charge is 2.55. The number of nitrogens with one attached hydrogen (secondary N) is 1. The second-order valence-electron chi connectivity index (χ2n) is 9.35. The van der Waals surface area contributed by atoms with Crippen LogP contribution in [-0.4, -0.2) is 65.7 Å². The van der Waals surface area contributed by atoms with E-state index in [0.717, 1.165) is 4.31 Å². The zero-order valence-corrected chi connectivity index (χ0v) is 19.9. The number of azide groups is 1. The Morgan fingerprint density at radius 2 is 2.03 bits per heavy atom. The monoisotopic (exact) mass is 480 g/mol. The number of carbonyl (C=O) groups is 1. The van der Waals surface area contributed by atoms with Gasteiger partial charge in [-0.1, -0.05) is 17.6 Å². The number of aromatic nitrogens is 1. The molecule has 2 atom stereocenters. The molecule has 0 unspecified atom stereocenters. The van der Waals surface area contributed by atoms with E-state index in [1.807, 2.05) is 27.7 Å². The van der Waals surface area contributed by atoms with Crippen molar-refractivity contribution < 1.29 is 27.6 Å². The number of carboxylic acid groups (broad SMARTS) is 1. The van der Waals surface area contributed by atoms with E-state index in [0.29, 0.717) is 19.2 Å². The van der Waals surface area contributed by atoms with Crippen molar-refractivity contribution in [3.05, 3.63) is 34.8 Å². The highest BCUT2D eigenvalue weighted by molar-refractivity contribution is 7.90. The summed E-state index contributed by atoms with van der Waals surface area (Å²) < 4.78 is 41.1. The number of anilines is 1. The number of nitrogens with zero attached hydrogens (tertiary/aromatic N) is 5. The van der Waals surface area contributed by atoms with E-state index < -0.39 is 52.5 Å². The molecule has 14 heteroatoms. The summed E-state index contributed by atoms with van der Waals surface area (Å²) in [5, 5.41) is 13.5. The van der Waals surface area contributed by atoms with Crippen LogP contribution in [0.25, 0.3) is 10.4 Å². The Bertz CT molecular complexity index is 1010. The van der Waals surface area contributed by atoms with Crippen LogP contribution in [0.4, 0.5) is 5.82 Å². The molecule has 1 aromatic rings. The molecule has 0 radical (unpaired) electrons. The molecule has 33 heavy (non-hydrogen) atoms. The van der Waals surface area contributed by atoms with Crippen LogP contribution in [-0.2, 0) is 24.3 Å². The Hall–Kier alpha value is -2.38. The molecule has 2 fully saturated rings. The highest BCUT2D eigenvalue weighted by Crippen LogP contribution is 2.40. The van der Waals surface area contributed by atoms with Gasteiger partial charge in [0, 0.05) is 24.2 Å². The lowest BCUT2D eigenvalue weighted by molar-refractivity contribution is -0.144. The average molecular weight is 480 g/mol. The third-order valence-corrected chi connectivity index (χ3v) is 8.07. The molecule has 2 aliphatic rings. The van der Waals surface area contributed by atoms with E-state index in [2.05, 4.69) is 19.7 Å². The van der Waals surface area contributed by atoms with Gasteiger partial charge in [-0.3, -0.25) is 9.52 Å². The first-order valence-electron chi connectivity index (χ1n) is 10.7. The van der Waals surface area contributed by atoms with Crippen LogP contribution in [0.5, 0.6) is 0 Å². The number of carboxylic acids is 1.